The average molecular weight is 295 g/mol. The lowest BCUT2D eigenvalue weighted by Gasteiger charge is -2.08. The highest BCUT2D eigenvalue weighted by atomic mass is 19.1. The molecule has 0 saturated heterocycles. The van der Waals surface area contributed by atoms with Crippen molar-refractivity contribution in [2.45, 2.75) is 6.54 Å². The van der Waals surface area contributed by atoms with Gasteiger partial charge in [0, 0.05) is 12.3 Å². The summed E-state index contributed by atoms with van der Waals surface area (Å²) in [6, 6.07) is 18.6. The Morgan fingerprint density at radius 1 is 0.909 bits per heavy atom. The number of para-hydroxylation sites is 1. The summed E-state index contributed by atoms with van der Waals surface area (Å²) in [5.74, 6) is 0.839. The van der Waals surface area contributed by atoms with E-state index in [2.05, 4.69) is 0 Å². The van der Waals surface area contributed by atoms with Gasteiger partial charge in [0.1, 0.15) is 17.3 Å². The van der Waals surface area contributed by atoms with Crippen molar-refractivity contribution in [3.05, 3.63) is 94.7 Å². The number of aromatic nitrogens is 1. The monoisotopic (exact) mass is 295 g/mol. The van der Waals surface area contributed by atoms with Gasteiger partial charge in [-0.1, -0.05) is 30.3 Å². The van der Waals surface area contributed by atoms with Crippen molar-refractivity contribution in [1.29, 1.82) is 0 Å². The summed E-state index contributed by atoms with van der Waals surface area (Å²) in [7, 11) is 0. The van der Waals surface area contributed by atoms with Gasteiger partial charge >= 0.3 is 0 Å². The Labute approximate surface area is 127 Å². The number of pyridine rings is 1. The van der Waals surface area contributed by atoms with Crippen molar-refractivity contribution in [3.8, 4) is 11.5 Å². The summed E-state index contributed by atoms with van der Waals surface area (Å²) < 4.78 is 20.3. The van der Waals surface area contributed by atoms with Crippen LogP contribution in [0, 0.1) is 5.82 Å². The Kier molecular flexibility index (Phi) is 4.01. The Hall–Kier alpha value is -2.88. The number of nitrogens with zero attached hydrogens (tertiary/aromatic N) is 1. The van der Waals surface area contributed by atoms with Crippen LogP contribution in [0.3, 0.4) is 0 Å². The van der Waals surface area contributed by atoms with Crippen molar-refractivity contribution in [2.75, 3.05) is 0 Å². The molecule has 0 spiro atoms. The van der Waals surface area contributed by atoms with Gasteiger partial charge in [0.25, 0.3) is 5.56 Å². The van der Waals surface area contributed by atoms with Crippen molar-refractivity contribution in [3.63, 3.8) is 0 Å². The summed E-state index contributed by atoms with van der Waals surface area (Å²) in [5, 5.41) is 0. The molecule has 0 bridgehead atoms. The Morgan fingerprint density at radius 2 is 1.73 bits per heavy atom. The van der Waals surface area contributed by atoms with E-state index in [1.165, 1.54) is 22.8 Å². The lowest BCUT2D eigenvalue weighted by Crippen LogP contribution is -2.19. The van der Waals surface area contributed by atoms with Crippen LogP contribution in [0.2, 0.25) is 0 Å². The smallest absolute Gasteiger partial charge is 0.254 e. The molecule has 110 valence electrons. The van der Waals surface area contributed by atoms with Gasteiger partial charge in [-0.05, 0) is 35.9 Å². The Morgan fingerprint density at radius 3 is 2.45 bits per heavy atom. The molecule has 0 N–H and O–H groups in total. The zero-order valence-corrected chi connectivity index (χ0v) is 11.8. The first kappa shape index (κ1) is 14.1. The fraction of sp³-hybridized carbons (Fsp3) is 0.0556. The predicted octanol–water partition coefficient (Wildman–Crippen LogP) is 3.83. The lowest BCUT2D eigenvalue weighted by molar-refractivity contribution is 0.479. The molecule has 0 fully saturated rings. The van der Waals surface area contributed by atoms with Crippen LogP contribution in [-0.2, 0) is 6.54 Å². The minimum absolute atomic E-state index is 0.197. The molecule has 3 aromatic rings. The van der Waals surface area contributed by atoms with Crippen LogP contribution in [0.4, 0.5) is 4.39 Å². The zero-order valence-electron chi connectivity index (χ0n) is 11.8. The van der Waals surface area contributed by atoms with Crippen LogP contribution in [0.5, 0.6) is 11.5 Å². The molecule has 1 heterocycles. The second-order valence-electron chi connectivity index (χ2n) is 4.87. The van der Waals surface area contributed by atoms with E-state index < -0.39 is 0 Å². The van der Waals surface area contributed by atoms with Crippen molar-refractivity contribution in [2.24, 2.45) is 0 Å². The lowest BCUT2D eigenvalue weighted by atomic mass is 10.2. The average Bonchev–Trinajstić information content (AvgIpc) is 2.51. The standard InChI is InChI=1S/C18H14FNO2/c19-15-6-4-5-14(11-15)13-20-10-9-17(12-18(20)21)22-16-7-2-1-3-8-16/h1-12H,13H2. The van der Waals surface area contributed by atoms with Gasteiger partial charge in [0.2, 0.25) is 0 Å². The maximum atomic E-state index is 13.2. The van der Waals surface area contributed by atoms with E-state index in [1.54, 1.807) is 24.4 Å². The maximum Gasteiger partial charge on any atom is 0.254 e. The summed E-state index contributed by atoms with van der Waals surface area (Å²) in [6.07, 6.45) is 1.64. The third-order valence-corrected chi connectivity index (χ3v) is 3.19. The van der Waals surface area contributed by atoms with Gasteiger partial charge in [-0.3, -0.25) is 4.79 Å². The highest BCUT2D eigenvalue weighted by Gasteiger charge is 2.03. The van der Waals surface area contributed by atoms with Crippen LogP contribution < -0.4 is 10.3 Å². The van der Waals surface area contributed by atoms with Crippen LogP contribution >= 0.6 is 0 Å². The van der Waals surface area contributed by atoms with Gasteiger partial charge in [-0.2, -0.15) is 0 Å². The second kappa shape index (κ2) is 6.26. The quantitative estimate of drug-likeness (QED) is 0.732. The number of benzene rings is 2. The molecular weight excluding hydrogens is 281 g/mol. The minimum atomic E-state index is -0.311. The summed E-state index contributed by atoms with van der Waals surface area (Å²) >= 11 is 0. The highest BCUT2D eigenvalue weighted by Crippen LogP contribution is 2.18. The van der Waals surface area contributed by atoms with E-state index in [-0.39, 0.29) is 11.4 Å². The fourth-order valence-electron chi connectivity index (χ4n) is 2.14. The summed E-state index contributed by atoms with van der Waals surface area (Å²) in [4.78, 5) is 12.1. The van der Waals surface area contributed by atoms with E-state index in [9.17, 15) is 9.18 Å². The van der Waals surface area contributed by atoms with Gasteiger partial charge in [0.05, 0.1) is 6.54 Å². The molecule has 0 atom stereocenters. The molecule has 0 aliphatic carbocycles. The first-order valence-electron chi connectivity index (χ1n) is 6.88. The molecule has 0 amide bonds. The predicted molar refractivity (Wildman–Crippen MR) is 82.7 cm³/mol. The second-order valence-corrected chi connectivity index (χ2v) is 4.87. The molecule has 4 heteroatoms. The third-order valence-electron chi connectivity index (χ3n) is 3.19. The largest absolute Gasteiger partial charge is 0.457 e. The van der Waals surface area contributed by atoms with Gasteiger partial charge < -0.3 is 9.30 Å². The molecule has 0 aliphatic heterocycles. The molecule has 0 saturated carbocycles. The van der Waals surface area contributed by atoms with Crippen LogP contribution in [0.15, 0.2) is 77.7 Å². The number of rotatable bonds is 4. The van der Waals surface area contributed by atoms with Gasteiger partial charge in [-0.25, -0.2) is 4.39 Å². The van der Waals surface area contributed by atoms with E-state index in [0.29, 0.717) is 18.0 Å². The fourth-order valence-corrected chi connectivity index (χ4v) is 2.14. The topological polar surface area (TPSA) is 31.2 Å². The van der Waals surface area contributed by atoms with Crippen LogP contribution in [0.25, 0.3) is 0 Å². The molecule has 3 rings (SSSR count). The van der Waals surface area contributed by atoms with Gasteiger partial charge in [-0.15, -0.1) is 0 Å². The minimum Gasteiger partial charge on any atom is -0.457 e. The molecule has 0 radical (unpaired) electrons. The summed E-state index contributed by atoms with van der Waals surface area (Å²) in [6.45, 7) is 0.322. The maximum absolute atomic E-state index is 13.2. The molecular formula is C18H14FNO2. The van der Waals surface area contributed by atoms with E-state index >= 15 is 0 Å². The highest BCUT2D eigenvalue weighted by molar-refractivity contribution is 5.29. The van der Waals surface area contributed by atoms with Crippen LogP contribution in [-0.4, -0.2) is 4.57 Å². The molecule has 0 aliphatic rings. The third kappa shape index (κ3) is 3.41. The SMILES string of the molecule is O=c1cc(Oc2ccccc2)ccn1Cc1cccc(F)c1. The van der Waals surface area contributed by atoms with Crippen molar-refractivity contribution in [1.82, 2.24) is 4.57 Å². The van der Waals surface area contributed by atoms with Crippen molar-refractivity contribution >= 4 is 0 Å². The molecule has 3 nitrogen and oxygen atoms in total. The summed E-state index contributed by atoms with van der Waals surface area (Å²) in [5.41, 5.74) is 0.538. The first-order chi connectivity index (χ1) is 10.7. The number of hydrogen-bond acceptors (Lipinski definition) is 2. The Bertz CT molecular complexity index is 828. The molecule has 1 aromatic heterocycles. The van der Waals surface area contributed by atoms with E-state index in [4.69, 9.17) is 4.74 Å². The number of halogens is 1. The Balaban J connectivity index is 1.79. The first-order valence-corrected chi connectivity index (χ1v) is 6.88. The van der Waals surface area contributed by atoms with Crippen molar-refractivity contribution < 1.29 is 9.13 Å². The van der Waals surface area contributed by atoms with Gasteiger partial charge in [0.15, 0.2) is 0 Å². The van der Waals surface area contributed by atoms with E-state index in [0.717, 1.165) is 5.56 Å². The number of ether oxygens (including phenoxy) is 1. The van der Waals surface area contributed by atoms with E-state index in [1.807, 2.05) is 30.3 Å². The van der Waals surface area contributed by atoms with Crippen LogP contribution in [0.1, 0.15) is 5.56 Å². The zero-order chi connectivity index (χ0) is 15.4. The normalized spacial score (nSPS) is 10.4. The molecule has 22 heavy (non-hydrogen) atoms. The molecule has 0 unspecified atom stereocenters. The molecule has 2 aromatic carbocycles. The number of hydrogen-bond donors (Lipinski definition) is 0.